The van der Waals surface area contributed by atoms with E-state index in [-0.39, 0.29) is 5.91 Å². The van der Waals surface area contributed by atoms with Gasteiger partial charge in [-0.1, -0.05) is 6.92 Å². The van der Waals surface area contributed by atoms with Crippen LogP contribution in [0.4, 0.5) is 0 Å². The Bertz CT molecular complexity index is 307. The maximum Gasteiger partial charge on any atom is 0.328 e. The van der Waals surface area contributed by atoms with E-state index in [4.69, 9.17) is 5.11 Å². The Morgan fingerprint density at radius 1 is 1.47 bits per heavy atom. The third kappa shape index (κ3) is 2.97. The lowest BCUT2D eigenvalue weighted by Gasteiger charge is -2.37. The zero-order valence-electron chi connectivity index (χ0n) is 10.8. The standard InChI is InChI=1S/C12H22N2O3/c1-4-12(6-5-7-13-8-12)9(15)14-11(2,3)10(16)17/h13H,4-8H2,1-3H3,(H,14,15)(H,16,17). The third-order valence-electron chi connectivity index (χ3n) is 3.59. The largest absolute Gasteiger partial charge is 0.480 e. The molecular weight excluding hydrogens is 220 g/mol. The maximum atomic E-state index is 12.3. The van der Waals surface area contributed by atoms with Gasteiger partial charge in [-0.05, 0) is 39.7 Å². The van der Waals surface area contributed by atoms with Crippen LogP contribution >= 0.6 is 0 Å². The van der Waals surface area contributed by atoms with Gasteiger partial charge in [0.2, 0.25) is 5.91 Å². The zero-order valence-corrected chi connectivity index (χ0v) is 10.8. The molecule has 1 aliphatic rings. The highest BCUT2D eigenvalue weighted by Gasteiger charge is 2.41. The molecule has 5 nitrogen and oxygen atoms in total. The molecule has 0 aromatic heterocycles. The Hall–Kier alpha value is -1.10. The fourth-order valence-corrected chi connectivity index (χ4v) is 2.09. The SMILES string of the molecule is CCC1(C(=O)NC(C)(C)C(=O)O)CCCNC1. The van der Waals surface area contributed by atoms with Crippen molar-refractivity contribution in [3.63, 3.8) is 0 Å². The third-order valence-corrected chi connectivity index (χ3v) is 3.59. The highest BCUT2D eigenvalue weighted by molar-refractivity contribution is 5.89. The predicted molar refractivity (Wildman–Crippen MR) is 64.7 cm³/mol. The average molecular weight is 242 g/mol. The monoisotopic (exact) mass is 242 g/mol. The molecule has 5 heteroatoms. The van der Waals surface area contributed by atoms with Gasteiger partial charge in [0.1, 0.15) is 5.54 Å². The fourth-order valence-electron chi connectivity index (χ4n) is 2.09. The van der Waals surface area contributed by atoms with Crippen LogP contribution in [0.15, 0.2) is 0 Å². The molecule has 0 bridgehead atoms. The zero-order chi connectivity index (χ0) is 13.1. The first-order valence-corrected chi connectivity index (χ1v) is 6.11. The summed E-state index contributed by atoms with van der Waals surface area (Å²) in [7, 11) is 0. The van der Waals surface area contributed by atoms with E-state index in [1.807, 2.05) is 6.92 Å². The molecule has 1 saturated heterocycles. The van der Waals surface area contributed by atoms with E-state index in [1.165, 1.54) is 13.8 Å². The van der Waals surface area contributed by atoms with Crippen molar-refractivity contribution in [1.82, 2.24) is 10.6 Å². The number of aliphatic carboxylic acids is 1. The second-order valence-electron chi connectivity index (χ2n) is 5.30. The van der Waals surface area contributed by atoms with Crippen molar-refractivity contribution in [2.24, 2.45) is 5.41 Å². The summed E-state index contributed by atoms with van der Waals surface area (Å²) in [6, 6.07) is 0. The van der Waals surface area contributed by atoms with Crippen molar-refractivity contribution >= 4 is 11.9 Å². The van der Waals surface area contributed by atoms with Gasteiger partial charge >= 0.3 is 5.97 Å². The minimum Gasteiger partial charge on any atom is -0.480 e. The summed E-state index contributed by atoms with van der Waals surface area (Å²) in [5.74, 6) is -1.17. The van der Waals surface area contributed by atoms with Gasteiger partial charge in [0.15, 0.2) is 0 Å². The molecule has 0 aromatic rings. The van der Waals surface area contributed by atoms with Gasteiger partial charge in [0.05, 0.1) is 5.41 Å². The van der Waals surface area contributed by atoms with Crippen LogP contribution in [0.1, 0.15) is 40.0 Å². The van der Waals surface area contributed by atoms with Crippen molar-refractivity contribution in [3.8, 4) is 0 Å². The summed E-state index contributed by atoms with van der Waals surface area (Å²) < 4.78 is 0. The first-order chi connectivity index (χ1) is 7.84. The minimum atomic E-state index is -1.21. The lowest BCUT2D eigenvalue weighted by Crippen LogP contribution is -2.58. The molecule has 1 fully saturated rings. The van der Waals surface area contributed by atoms with Gasteiger partial charge in [-0.15, -0.1) is 0 Å². The van der Waals surface area contributed by atoms with Gasteiger partial charge in [-0.2, -0.15) is 0 Å². The van der Waals surface area contributed by atoms with E-state index in [0.29, 0.717) is 6.54 Å². The topological polar surface area (TPSA) is 78.4 Å². The number of amides is 1. The van der Waals surface area contributed by atoms with E-state index >= 15 is 0 Å². The van der Waals surface area contributed by atoms with Crippen molar-refractivity contribution in [1.29, 1.82) is 0 Å². The van der Waals surface area contributed by atoms with Gasteiger partial charge in [-0.3, -0.25) is 4.79 Å². The summed E-state index contributed by atoms with van der Waals surface area (Å²) in [5, 5.41) is 14.9. The van der Waals surface area contributed by atoms with Gasteiger partial charge in [-0.25, -0.2) is 4.79 Å². The second kappa shape index (κ2) is 5.04. The van der Waals surface area contributed by atoms with Gasteiger partial charge in [0.25, 0.3) is 0 Å². The van der Waals surface area contributed by atoms with Crippen molar-refractivity contribution < 1.29 is 14.7 Å². The normalized spacial score (nSPS) is 25.4. The predicted octanol–water partition coefficient (Wildman–Crippen LogP) is 0.746. The number of hydrogen-bond donors (Lipinski definition) is 3. The number of nitrogens with one attached hydrogen (secondary N) is 2. The van der Waals surface area contributed by atoms with Gasteiger partial charge < -0.3 is 15.7 Å². The summed E-state index contributed by atoms with van der Waals surface area (Å²) >= 11 is 0. The minimum absolute atomic E-state index is 0.153. The van der Waals surface area contributed by atoms with E-state index in [0.717, 1.165) is 25.8 Å². The van der Waals surface area contributed by atoms with Crippen LogP contribution in [0.2, 0.25) is 0 Å². The Morgan fingerprint density at radius 3 is 2.53 bits per heavy atom. The number of hydrogen-bond acceptors (Lipinski definition) is 3. The molecule has 1 amide bonds. The Kier molecular flexibility index (Phi) is 4.14. The van der Waals surface area contributed by atoms with Crippen LogP contribution in [0, 0.1) is 5.41 Å². The van der Waals surface area contributed by atoms with E-state index in [2.05, 4.69) is 10.6 Å². The molecule has 98 valence electrons. The van der Waals surface area contributed by atoms with E-state index in [9.17, 15) is 9.59 Å². The molecule has 1 rings (SSSR count). The summed E-state index contributed by atoms with van der Waals surface area (Å²) in [6.45, 7) is 6.54. The number of carboxylic acid groups (broad SMARTS) is 1. The molecule has 17 heavy (non-hydrogen) atoms. The molecule has 0 aliphatic carbocycles. The molecular formula is C12H22N2O3. The number of carbonyl (C=O) groups excluding carboxylic acids is 1. The van der Waals surface area contributed by atoms with Gasteiger partial charge in [0, 0.05) is 6.54 Å². The highest BCUT2D eigenvalue weighted by atomic mass is 16.4. The summed E-state index contributed by atoms with van der Waals surface area (Å²) in [4.78, 5) is 23.3. The molecule has 1 aliphatic heterocycles. The van der Waals surface area contributed by atoms with Crippen LogP contribution in [0.3, 0.4) is 0 Å². The van der Waals surface area contributed by atoms with Crippen LogP contribution in [-0.4, -0.2) is 35.6 Å². The first-order valence-electron chi connectivity index (χ1n) is 6.11. The summed E-state index contributed by atoms with van der Waals surface area (Å²) in [6.07, 6.45) is 2.49. The van der Waals surface area contributed by atoms with Crippen molar-refractivity contribution in [2.45, 2.75) is 45.6 Å². The molecule has 0 spiro atoms. The Morgan fingerprint density at radius 2 is 2.12 bits per heavy atom. The Balaban J connectivity index is 2.76. The number of carboxylic acids is 1. The van der Waals surface area contributed by atoms with E-state index < -0.39 is 16.9 Å². The van der Waals surface area contributed by atoms with Crippen molar-refractivity contribution in [3.05, 3.63) is 0 Å². The van der Waals surface area contributed by atoms with Crippen molar-refractivity contribution in [2.75, 3.05) is 13.1 Å². The van der Waals surface area contributed by atoms with E-state index in [1.54, 1.807) is 0 Å². The molecule has 1 unspecified atom stereocenters. The molecule has 3 N–H and O–H groups in total. The molecule has 0 aromatic carbocycles. The lowest BCUT2D eigenvalue weighted by atomic mass is 9.77. The van der Waals surface area contributed by atoms with Crippen LogP contribution in [-0.2, 0) is 9.59 Å². The summed E-state index contributed by atoms with van der Waals surface area (Å²) in [5.41, 5.74) is -1.67. The average Bonchev–Trinajstić information content (AvgIpc) is 2.29. The smallest absolute Gasteiger partial charge is 0.328 e. The van der Waals surface area contributed by atoms with Crippen LogP contribution in [0.25, 0.3) is 0 Å². The fraction of sp³-hybridized carbons (Fsp3) is 0.833. The lowest BCUT2D eigenvalue weighted by molar-refractivity contribution is -0.148. The van der Waals surface area contributed by atoms with Crippen LogP contribution in [0.5, 0.6) is 0 Å². The molecule has 0 saturated carbocycles. The molecule has 1 heterocycles. The molecule has 1 atom stereocenters. The van der Waals surface area contributed by atoms with Crippen LogP contribution < -0.4 is 10.6 Å². The second-order valence-corrected chi connectivity index (χ2v) is 5.30. The number of piperidine rings is 1. The first kappa shape index (κ1) is 14.0. The number of carbonyl (C=O) groups is 2. The number of rotatable bonds is 4. The highest BCUT2D eigenvalue weighted by Crippen LogP contribution is 2.30. The maximum absolute atomic E-state index is 12.3. The molecule has 0 radical (unpaired) electrons. The quantitative estimate of drug-likeness (QED) is 0.679. The Labute approximate surface area is 102 Å².